The zero-order valence-corrected chi connectivity index (χ0v) is 5.22. The van der Waals surface area contributed by atoms with Gasteiger partial charge in [0.2, 0.25) is 0 Å². The maximum absolute atomic E-state index is 10.3. The van der Waals surface area contributed by atoms with Gasteiger partial charge in [-0.1, -0.05) is 0 Å². The van der Waals surface area contributed by atoms with Gasteiger partial charge < -0.3 is 22.9 Å². The van der Waals surface area contributed by atoms with E-state index in [0.717, 1.165) is 0 Å². The van der Waals surface area contributed by atoms with Gasteiger partial charge in [0.25, 0.3) is 5.91 Å². The van der Waals surface area contributed by atoms with Crippen LogP contribution in [0.5, 0.6) is 0 Å². The van der Waals surface area contributed by atoms with Crippen molar-refractivity contribution in [3.8, 4) is 0 Å². The lowest BCUT2D eigenvalue weighted by atomic mass is 10.3. The summed E-state index contributed by atoms with van der Waals surface area (Å²) in [4.78, 5) is 10.3. The number of carbonyl (C=O) groups excluding carboxylic acids is 1. The van der Waals surface area contributed by atoms with E-state index in [1.54, 1.807) is 0 Å². The number of primary amides is 1. The van der Waals surface area contributed by atoms with Crippen LogP contribution in [0.3, 0.4) is 0 Å². The summed E-state index contributed by atoms with van der Waals surface area (Å²) in [5, 5.41) is 6.73. The molecule has 0 aliphatic heterocycles. The van der Waals surface area contributed by atoms with Crippen LogP contribution in [0.15, 0.2) is 11.4 Å². The number of nitrogens with two attached hydrogens (primary N) is 4. The molecule has 0 spiro atoms. The lowest BCUT2D eigenvalue weighted by molar-refractivity contribution is -0.114. The van der Waals surface area contributed by atoms with Gasteiger partial charge in [-0.25, -0.2) is 0 Å². The first-order valence-corrected chi connectivity index (χ1v) is 2.36. The molecule has 0 aromatic heterocycles. The van der Waals surface area contributed by atoms with Crippen LogP contribution >= 0.6 is 0 Å². The van der Waals surface area contributed by atoms with Gasteiger partial charge in [-0.05, 0) is 0 Å². The molecule has 1 amide bonds. The van der Waals surface area contributed by atoms with Gasteiger partial charge in [-0.3, -0.25) is 10.2 Å². The highest BCUT2D eigenvalue weighted by molar-refractivity contribution is 6.03. The first-order valence-electron chi connectivity index (χ1n) is 2.36. The van der Waals surface area contributed by atoms with E-state index in [9.17, 15) is 4.79 Å². The molecular formula is C4H9N5O. The van der Waals surface area contributed by atoms with Crippen LogP contribution in [0.2, 0.25) is 0 Å². The van der Waals surface area contributed by atoms with Gasteiger partial charge in [0.15, 0.2) is 0 Å². The first-order chi connectivity index (χ1) is 4.46. The number of nitrogens with one attached hydrogen (secondary N) is 1. The molecule has 0 atom stereocenters. The molecular weight excluding hydrogens is 134 g/mol. The van der Waals surface area contributed by atoms with Crippen LogP contribution in [-0.2, 0) is 4.79 Å². The Labute approximate surface area is 57.4 Å². The molecule has 56 valence electrons. The molecule has 0 saturated carbocycles. The van der Waals surface area contributed by atoms with Gasteiger partial charge >= 0.3 is 0 Å². The second-order valence-electron chi connectivity index (χ2n) is 1.61. The molecule has 0 bridgehead atoms. The minimum atomic E-state index is -0.882. The SMILES string of the molecule is N=C(N)/C(N)=C(\N)C(N)=O. The Hall–Kier alpha value is -1.72. The summed E-state index contributed by atoms with van der Waals surface area (Å²) >= 11 is 0. The Kier molecular flexibility index (Phi) is 2.25. The van der Waals surface area contributed by atoms with E-state index in [0.29, 0.717) is 0 Å². The molecule has 10 heavy (non-hydrogen) atoms. The van der Waals surface area contributed by atoms with E-state index in [1.807, 2.05) is 0 Å². The number of hydrogen-bond acceptors (Lipinski definition) is 4. The molecule has 0 saturated heterocycles. The molecule has 6 nitrogen and oxygen atoms in total. The number of amidine groups is 1. The van der Waals surface area contributed by atoms with Crippen molar-refractivity contribution in [2.24, 2.45) is 22.9 Å². The second-order valence-corrected chi connectivity index (χ2v) is 1.61. The van der Waals surface area contributed by atoms with E-state index in [1.165, 1.54) is 0 Å². The van der Waals surface area contributed by atoms with E-state index in [4.69, 9.17) is 28.3 Å². The fraction of sp³-hybridized carbons (Fsp3) is 0. The Morgan fingerprint density at radius 1 is 1.00 bits per heavy atom. The third kappa shape index (κ3) is 1.66. The minimum Gasteiger partial charge on any atom is -0.394 e. The monoisotopic (exact) mass is 143 g/mol. The number of amides is 1. The molecule has 0 heterocycles. The Morgan fingerprint density at radius 2 is 1.40 bits per heavy atom. The average molecular weight is 143 g/mol. The summed E-state index contributed by atoms with van der Waals surface area (Å²) in [5.41, 5.74) is 19.0. The van der Waals surface area contributed by atoms with E-state index in [-0.39, 0.29) is 11.4 Å². The molecule has 0 aromatic rings. The van der Waals surface area contributed by atoms with Crippen molar-refractivity contribution in [2.75, 3.05) is 0 Å². The second kappa shape index (κ2) is 2.72. The van der Waals surface area contributed by atoms with Crippen molar-refractivity contribution in [1.29, 1.82) is 5.41 Å². The van der Waals surface area contributed by atoms with Crippen molar-refractivity contribution in [3.05, 3.63) is 11.4 Å². The summed E-state index contributed by atoms with van der Waals surface area (Å²) in [7, 11) is 0. The first kappa shape index (κ1) is 8.28. The highest BCUT2D eigenvalue weighted by atomic mass is 16.1. The lowest BCUT2D eigenvalue weighted by Gasteiger charge is -1.99. The minimum absolute atomic E-state index is 0.285. The highest BCUT2D eigenvalue weighted by Gasteiger charge is 2.06. The molecule has 0 rings (SSSR count). The molecule has 0 fully saturated rings. The molecule has 0 unspecified atom stereocenters. The molecule has 0 aliphatic rings. The van der Waals surface area contributed by atoms with Crippen molar-refractivity contribution in [3.63, 3.8) is 0 Å². The standard InChI is InChI=1S/C4H9N5O/c5-1(3(7)8)2(6)4(9)10/h5-6H2,(H3,7,8)(H2,9,10)/b2-1+. The molecule has 9 N–H and O–H groups in total. The smallest absolute Gasteiger partial charge is 0.266 e. The van der Waals surface area contributed by atoms with Crippen LogP contribution in [0.1, 0.15) is 0 Å². The van der Waals surface area contributed by atoms with Crippen LogP contribution in [0.4, 0.5) is 0 Å². The van der Waals surface area contributed by atoms with Gasteiger partial charge in [0, 0.05) is 0 Å². The average Bonchev–Trinajstić information content (AvgIpc) is 1.84. The van der Waals surface area contributed by atoms with E-state index < -0.39 is 11.7 Å². The maximum Gasteiger partial charge on any atom is 0.266 e. The summed E-state index contributed by atoms with van der Waals surface area (Å²) in [5.74, 6) is -1.34. The number of hydrogen-bond donors (Lipinski definition) is 5. The Bertz CT molecular complexity index is 184. The summed E-state index contributed by atoms with van der Waals surface area (Å²) in [6, 6.07) is 0. The van der Waals surface area contributed by atoms with Gasteiger partial charge in [0.1, 0.15) is 17.2 Å². The third-order valence-corrected chi connectivity index (χ3v) is 0.846. The Morgan fingerprint density at radius 3 is 1.50 bits per heavy atom. The highest BCUT2D eigenvalue weighted by Crippen LogP contribution is 1.87. The summed E-state index contributed by atoms with van der Waals surface area (Å²) in [6.07, 6.45) is 0. The number of rotatable bonds is 2. The molecule has 0 radical (unpaired) electrons. The van der Waals surface area contributed by atoms with Gasteiger partial charge in [-0.15, -0.1) is 0 Å². The maximum atomic E-state index is 10.3. The summed E-state index contributed by atoms with van der Waals surface area (Å²) < 4.78 is 0. The third-order valence-electron chi connectivity index (χ3n) is 0.846. The van der Waals surface area contributed by atoms with Crippen molar-refractivity contribution in [1.82, 2.24) is 0 Å². The van der Waals surface area contributed by atoms with Crippen LogP contribution < -0.4 is 22.9 Å². The Balaban J connectivity index is 4.67. The quantitative estimate of drug-likeness (QED) is 0.166. The largest absolute Gasteiger partial charge is 0.394 e. The van der Waals surface area contributed by atoms with Crippen LogP contribution in [0, 0.1) is 5.41 Å². The van der Waals surface area contributed by atoms with Crippen LogP contribution in [0.25, 0.3) is 0 Å². The fourth-order valence-electron chi connectivity index (χ4n) is 0.278. The number of carbonyl (C=O) groups is 1. The topological polar surface area (TPSA) is 145 Å². The lowest BCUT2D eigenvalue weighted by Crippen LogP contribution is -2.30. The zero-order valence-electron chi connectivity index (χ0n) is 5.22. The zero-order chi connectivity index (χ0) is 8.31. The van der Waals surface area contributed by atoms with Gasteiger partial charge in [-0.2, -0.15) is 0 Å². The van der Waals surface area contributed by atoms with Crippen molar-refractivity contribution in [2.45, 2.75) is 0 Å². The van der Waals surface area contributed by atoms with Crippen molar-refractivity contribution < 1.29 is 4.79 Å². The fourth-order valence-corrected chi connectivity index (χ4v) is 0.278. The predicted molar refractivity (Wildman–Crippen MR) is 36.5 cm³/mol. The predicted octanol–water partition coefficient (Wildman–Crippen LogP) is -2.46. The van der Waals surface area contributed by atoms with Crippen molar-refractivity contribution >= 4 is 11.7 Å². The van der Waals surface area contributed by atoms with E-state index >= 15 is 0 Å². The summed E-state index contributed by atoms with van der Waals surface area (Å²) in [6.45, 7) is 0. The molecule has 0 aromatic carbocycles. The van der Waals surface area contributed by atoms with E-state index in [2.05, 4.69) is 0 Å². The van der Waals surface area contributed by atoms with Gasteiger partial charge in [0.05, 0.1) is 0 Å². The molecule has 0 aliphatic carbocycles. The normalized spacial score (nSPS) is 12.0. The molecule has 6 heteroatoms. The van der Waals surface area contributed by atoms with Crippen LogP contribution in [-0.4, -0.2) is 11.7 Å².